The molecule has 4 nitrogen and oxygen atoms in total. The zero-order chi connectivity index (χ0) is 15.0. The van der Waals surface area contributed by atoms with Gasteiger partial charge in [-0.1, -0.05) is 18.5 Å². The average Bonchev–Trinajstić information content (AvgIpc) is 2.70. The van der Waals surface area contributed by atoms with Gasteiger partial charge in [0.15, 0.2) is 0 Å². The van der Waals surface area contributed by atoms with Crippen LogP contribution >= 0.6 is 11.6 Å². The van der Waals surface area contributed by atoms with Gasteiger partial charge in [-0.25, -0.2) is 0 Å². The summed E-state index contributed by atoms with van der Waals surface area (Å²) in [7, 11) is 2.09. The van der Waals surface area contributed by atoms with Crippen molar-refractivity contribution in [3.8, 4) is 0 Å². The van der Waals surface area contributed by atoms with Crippen molar-refractivity contribution in [2.45, 2.75) is 32.9 Å². The summed E-state index contributed by atoms with van der Waals surface area (Å²) in [6.45, 7) is 4.06. The van der Waals surface area contributed by atoms with E-state index in [-0.39, 0.29) is 5.91 Å². The van der Waals surface area contributed by atoms with Crippen LogP contribution in [0.25, 0.3) is 11.0 Å². The van der Waals surface area contributed by atoms with Gasteiger partial charge in [-0.15, -0.1) is 0 Å². The van der Waals surface area contributed by atoms with Gasteiger partial charge in [-0.2, -0.15) is 0 Å². The lowest BCUT2D eigenvalue weighted by atomic mass is 10.0. The topological polar surface area (TPSA) is 45.5 Å². The highest BCUT2D eigenvalue weighted by Crippen LogP contribution is 2.36. The van der Waals surface area contributed by atoms with Crippen LogP contribution in [0, 0.1) is 0 Å². The third kappa shape index (κ3) is 2.65. The average molecular weight is 307 g/mol. The normalized spacial score (nSPS) is 15.2. The van der Waals surface area contributed by atoms with Gasteiger partial charge in [0.05, 0.1) is 6.54 Å². The number of halogens is 1. The molecule has 0 bridgehead atoms. The van der Waals surface area contributed by atoms with Crippen molar-refractivity contribution in [2.75, 3.05) is 13.6 Å². The van der Waals surface area contributed by atoms with Crippen molar-refractivity contribution in [1.82, 2.24) is 10.2 Å². The molecular weight excluding hydrogens is 288 g/mol. The summed E-state index contributed by atoms with van der Waals surface area (Å²) in [6, 6.07) is 3.81. The first-order valence-corrected chi connectivity index (χ1v) is 7.64. The van der Waals surface area contributed by atoms with E-state index in [0.29, 0.717) is 13.0 Å². The van der Waals surface area contributed by atoms with Gasteiger partial charge in [-0.3, -0.25) is 4.79 Å². The second kappa shape index (κ2) is 5.70. The lowest BCUT2D eigenvalue weighted by Crippen LogP contribution is -2.23. The minimum atomic E-state index is 0.0305. The summed E-state index contributed by atoms with van der Waals surface area (Å²) < 4.78 is 5.96. The van der Waals surface area contributed by atoms with E-state index in [0.717, 1.165) is 52.4 Å². The molecule has 2 aromatic rings. The lowest BCUT2D eigenvalue weighted by Gasteiger charge is -2.13. The van der Waals surface area contributed by atoms with Crippen molar-refractivity contribution in [3.63, 3.8) is 0 Å². The summed E-state index contributed by atoms with van der Waals surface area (Å²) in [6.07, 6.45) is 1.40. The van der Waals surface area contributed by atoms with E-state index in [2.05, 4.69) is 17.3 Å². The van der Waals surface area contributed by atoms with Crippen molar-refractivity contribution >= 4 is 28.5 Å². The highest BCUT2D eigenvalue weighted by Gasteiger charge is 2.23. The number of rotatable bonds is 3. The molecule has 0 fully saturated rings. The van der Waals surface area contributed by atoms with Crippen LogP contribution in [0.3, 0.4) is 0 Å². The van der Waals surface area contributed by atoms with Gasteiger partial charge in [0.1, 0.15) is 11.3 Å². The number of likely N-dealkylation sites (N-methyl/N-ethyl adjacent to an activating group) is 1. The number of benzene rings is 1. The Kier molecular flexibility index (Phi) is 3.91. The minimum Gasteiger partial charge on any atom is -0.459 e. The summed E-state index contributed by atoms with van der Waals surface area (Å²) in [5, 5.41) is 4.82. The van der Waals surface area contributed by atoms with Crippen LogP contribution in [0.5, 0.6) is 0 Å². The van der Waals surface area contributed by atoms with Gasteiger partial charge in [-0.05, 0) is 31.2 Å². The van der Waals surface area contributed by atoms with Crippen LogP contribution in [0.1, 0.15) is 30.2 Å². The Bertz CT molecular complexity index is 693. The molecular formula is C16H19ClN2O2. The Balaban J connectivity index is 2.07. The fourth-order valence-electron chi connectivity index (χ4n) is 2.86. The van der Waals surface area contributed by atoms with E-state index in [4.69, 9.17) is 16.0 Å². The number of carbonyl (C=O) groups excluding carboxylic acids is 1. The number of hydrogen-bond donors (Lipinski definition) is 1. The number of nitrogens with one attached hydrogen (secondary N) is 1. The summed E-state index contributed by atoms with van der Waals surface area (Å²) in [5.74, 6) is 0.868. The molecule has 0 atom stereocenters. The lowest BCUT2D eigenvalue weighted by molar-refractivity contribution is -0.121. The zero-order valence-electron chi connectivity index (χ0n) is 12.3. The molecule has 2 heterocycles. The predicted molar refractivity (Wildman–Crippen MR) is 83.4 cm³/mol. The van der Waals surface area contributed by atoms with Crippen LogP contribution in [0.15, 0.2) is 16.5 Å². The predicted octanol–water partition coefficient (Wildman–Crippen LogP) is 3.10. The molecule has 0 saturated carbocycles. The second-order valence-electron chi connectivity index (χ2n) is 5.52. The van der Waals surface area contributed by atoms with Crippen molar-refractivity contribution in [1.29, 1.82) is 0 Å². The molecule has 0 saturated heterocycles. The van der Waals surface area contributed by atoms with Gasteiger partial charge in [0.25, 0.3) is 0 Å². The van der Waals surface area contributed by atoms with E-state index in [1.807, 2.05) is 19.1 Å². The molecule has 112 valence electrons. The Morgan fingerprint density at radius 1 is 1.43 bits per heavy atom. The molecule has 1 aliphatic rings. The number of carbonyl (C=O) groups is 1. The quantitative estimate of drug-likeness (QED) is 0.948. The Hall–Kier alpha value is -1.52. The first kappa shape index (κ1) is 14.4. The molecule has 0 spiro atoms. The van der Waals surface area contributed by atoms with Gasteiger partial charge >= 0.3 is 0 Å². The molecule has 1 aromatic carbocycles. The standard InChI is InChI=1S/C16H19ClN2O2/c1-3-15(20)18-8-14-11-9-19(2)7-6-10-12(17)4-5-13(21-14)16(10)11/h4-5H,3,6-9H2,1-2H3,(H,18,20). The summed E-state index contributed by atoms with van der Waals surface area (Å²) in [5.41, 5.74) is 3.17. The van der Waals surface area contributed by atoms with E-state index in [1.54, 1.807) is 0 Å². The molecule has 1 amide bonds. The highest BCUT2D eigenvalue weighted by molar-refractivity contribution is 6.32. The maximum Gasteiger partial charge on any atom is 0.220 e. The van der Waals surface area contributed by atoms with Gasteiger partial charge in [0.2, 0.25) is 5.91 Å². The van der Waals surface area contributed by atoms with Crippen LogP contribution in [0.4, 0.5) is 0 Å². The van der Waals surface area contributed by atoms with Gasteiger partial charge < -0.3 is 14.6 Å². The summed E-state index contributed by atoms with van der Waals surface area (Å²) in [4.78, 5) is 13.7. The van der Waals surface area contributed by atoms with Gasteiger partial charge in [0, 0.05) is 35.5 Å². The molecule has 21 heavy (non-hydrogen) atoms. The van der Waals surface area contributed by atoms with E-state index >= 15 is 0 Å². The fourth-order valence-corrected chi connectivity index (χ4v) is 3.11. The molecule has 1 N–H and O–H groups in total. The number of furan rings is 1. The fraction of sp³-hybridized carbons (Fsp3) is 0.438. The largest absolute Gasteiger partial charge is 0.459 e. The Labute approximate surface area is 129 Å². The second-order valence-corrected chi connectivity index (χ2v) is 5.93. The number of amides is 1. The van der Waals surface area contributed by atoms with Crippen molar-refractivity contribution < 1.29 is 9.21 Å². The Morgan fingerprint density at radius 3 is 3.00 bits per heavy atom. The smallest absolute Gasteiger partial charge is 0.220 e. The first-order valence-electron chi connectivity index (χ1n) is 7.27. The monoisotopic (exact) mass is 306 g/mol. The molecule has 0 aliphatic carbocycles. The van der Waals surface area contributed by atoms with Crippen LogP contribution < -0.4 is 5.32 Å². The van der Waals surface area contributed by atoms with Crippen LogP contribution in [-0.2, 0) is 24.3 Å². The zero-order valence-corrected chi connectivity index (χ0v) is 13.1. The van der Waals surface area contributed by atoms with Crippen molar-refractivity contribution in [3.05, 3.63) is 34.0 Å². The first-order chi connectivity index (χ1) is 10.1. The minimum absolute atomic E-state index is 0.0305. The number of hydrogen-bond acceptors (Lipinski definition) is 3. The maximum atomic E-state index is 11.5. The number of nitrogens with zero attached hydrogens (tertiary/aromatic N) is 1. The third-order valence-corrected chi connectivity index (χ3v) is 4.38. The molecule has 1 aromatic heterocycles. The van der Waals surface area contributed by atoms with E-state index in [1.165, 1.54) is 0 Å². The highest BCUT2D eigenvalue weighted by atomic mass is 35.5. The SMILES string of the molecule is CCC(=O)NCc1oc2ccc(Cl)c3c2c1CN(C)CC3. The van der Waals surface area contributed by atoms with E-state index < -0.39 is 0 Å². The summed E-state index contributed by atoms with van der Waals surface area (Å²) >= 11 is 6.36. The molecule has 0 unspecified atom stereocenters. The maximum absolute atomic E-state index is 11.5. The Morgan fingerprint density at radius 2 is 2.24 bits per heavy atom. The van der Waals surface area contributed by atoms with Crippen LogP contribution in [0.2, 0.25) is 5.02 Å². The van der Waals surface area contributed by atoms with E-state index in [9.17, 15) is 4.79 Å². The van der Waals surface area contributed by atoms with Crippen LogP contribution in [-0.4, -0.2) is 24.4 Å². The molecule has 0 radical (unpaired) electrons. The molecule has 1 aliphatic heterocycles. The van der Waals surface area contributed by atoms with Crippen molar-refractivity contribution in [2.24, 2.45) is 0 Å². The third-order valence-electron chi connectivity index (χ3n) is 4.03. The molecule has 3 rings (SSSR count). The molecule has 5 heteroatoms.